The van der Waals surface area contributed by atoms with E-state index in [2.05, 4.69) is 31.4 Å². The van der Waals surface area contributed by atoms with Crippen molar-refractivity contribution in [3.05, 3.63) is 0 Å². The molecule has 3 atom stereocenters. The summed E-state index contributed by atoms with van der Waals surface area (Å²) < 4.78 is 0. The van der Waals surface area contributed by atoms with E-state index in [4.69, 9.17) is 5.11 Å². The molecular weight excluding hydrogens is 228 g/mol. The van der Waals surface area contributed by atoms with E-state index in [1.54, 1.807) is 0 Å². The molecule has 0 heterocycles. The highest BCUT2D eigenvalue weighted by atomic mass is 16.3. The number of carbonyl (C=O) groups is 1. The highest BCUT2D eigenvalue weighted by Gasteiger charge is 2.61. The molecule has 2 saturated carbocycles. The van der Waals surface area contributed by atoms with Crippen LogP contribution in [0.15, 0.2) is 0 Å². The van der Waals surface area contributed by atoms with Gasteiger partial charge in [-0.3, -0.25) is 0 Å². The normalized spacial score (nSPS) is 36.7. The molecule has 2 rings (SSSR count). The fourth-order valence-electron chi connectivity index (χ4n) is 3.91. The van der Waals surface area contributed by atoms with Gasteiger partial charge in [0.1, 0.15) is 0 Å². The SMILES string of the molecule is CC1(C)C2CCC1(C)C(NC(=O)NCCCO)C2. The molecule has 0 aromatic rings. The van der Waals surface area contributed by atoms with Crippen LogP contribution in [-0.2, 0) is 0 Å². The van der Waals surface area contributed by atoms with E-state index in [0.717, 1.165) is 12.3 Å². The van der Waals surface area contributed by atoms with Crippen molar-refractivity contribution in [1.29, 1.82) is 0 Å². The van der Waals surface area contributed by atoms with E-state index in [1.165, 1.54) is 12.8 Å². The van der Waals surface area contributed by atoms with Crippen LogP contribution in [0.5, 0.6) is 0 Å². The van der Waals surface area contributed by atoms with Crippen LogP contribution in [0.1, 0.15) is 46.5 Å². The quantitative estimate of drug-likeness (QED) is 0.671. The van der Waals surface area contributed by atoms with Crippen LogP contribution >= 0.6 is 0 Å². The summed E-state index contributed by atoms with van der Waals surface area (Å²) in [4.78, 5) is 11.8. The second kappa shape index (κ2) is 4.72. The van der Waals surface area contributed by atoms with E-state index >= 15 is 0 Å². The molecular formula is C14H26N2O2. The molecule has 0 radical (unpaired) electrons. The van der Waals surface area contributed by atoms with Crippen LogP contribution < -0.4 is 10.6 Å². The van der Waals surface area contributed by atoms with Gasteiger partial charge in [-0.1, -0.05) is 20.8 Å². The number of hydrogen-bond donors (Lipinski definition) is 3. The molecule has 2 fully saturated rings. The van der Waals surface area contributed by atoms with Crippen LogP contribution in [0.3, 0.4) is 0 Å². The van der Waals surface area contributed by atoms with Crippen molar-refractivity contribution in [3.63, 3.8) is 0 Å². The highest BCUT2D eigenvalue weighted by Crippen LogP contribution is 2.65. The molecule has 3 N–H and O–H groups in total. The number of amides is 2. The molecule has 104 valence electrons. The number of hydrogen-bond acceptors (Lipinski definition) is 2. The Labute approximate surface area is 110 Å². The van der Waals surface area contributed by atoms with Crippen LogP contribution in [0.4, 0.5) is 4.79 Å². The first-order valence-electron chi connectivity index (χ1n) is 7.07. The third-order valence-electron chi connectivity index (χ3n) is 5.72. The van der Waals surface area contributed by atoms with E-state index in [0.29, 0.717) is 24.4 Å². The fourth-order valence-corrected chi connectivity index (χ4v) is 3.91. The van der Waals surface area contributed by atoms with Crippen molar-refractivity contribution in [2.45, 2.75) is 52.5 Å². The average Bonchev–Trinajstić information content (AvgIpc) is 2.62. The van der Waals surface area contributed by atoms with Gasteiger partial charge in [-0.25, -0.2) is 4.79 Å². The maximum Gasteiger partial charge on any atom is 0.315 e. The fraction of sp³-hybridized carbons (Fsp3) is 0.929. The van der Waals surface area contributed by atoms with E-state index in [9.17, 15) is 4.79 Å². The summed E-state index contributed by atoms with van der Waals surface area (Å²) in [6, 6.07) is 0.207. The summed E-state index contributed by atoms with van der Waals surface area (Å²) in [5, 5.41) is 14.6. The zero-order chi connectivity index (χ0) is 13.4. The standard InChI is InChI=1S/C14H26N2O2/c1-13(2)10-5-6-14(13,3)11(9-10)16-12(18)15-7-4-8-17/h10-11,17H,4-9H2,1-3H3,(H2,15,16,18). The predicted octanol–water partition coefficient (Wildman–Crippen LogP) is 1.88. The summed E-state index contributed by atoms with van der Waals surface area (Å²) in [5.41, 5.74) is 0.558. The summed E-state index contributed by atoms with van der Waals surface area (Å²) in [6.45, 7) is 7.67. The van der Waals surface area contributed by atoms with E-state index in [1.807, 2.05) is 0 Å². The number of nitrogens with one attached hydrogen (secondary N) is 2. The Hall–Kier alpha value is -0.770. The van der Waals surface area contributed by atoms with E-state index < -0.39 is 0 Å². The Bertz CT molecular complexity index is 330. The van der Waals surface area contributed by atoms with Crippen molar-refractivity contribution in [3.8, 4) is 0 Å². The first kappa shape index (κ1) is 13.7. The van der Waals surface area contributed by atoms with Crippen LogP contribution in [0, 0.1) is 16.7 Å². The van der Waals surface area contributed by atoms with Crippen LogP contribution in [0.2, 0.25) is 0 Å². The number of fused-ring (bicyclic) bond motifs is 2. The Balaban J connectivity index is 1.90. The number of aliphatic hydroxyl groups excluding tert-OH is 1. The Morgan fingerprint density at radius 1 is 1.39 bits per heavy atom. The summed E-state index contributed by atoms with van der Waals surface area (Å²) >= 11 is 0. The lowest BCUT2D eigenvalue weighted by Gasteiger charge is -2.39. The van der Waals surface area contributed by atoms with Crippen molar-refractivity contribution in [1.82, 2.24) is 10.6 Å². The van der Waals surface area contributed by atoms with Crippen molar-refractivity contribution >= 4 is 6.03 Å². The van der Waals surface area contributed by atoms with Gasteiger partial charge in [0.25, 0.3) is 0 Å². The number of carbonyl (C=O) groups excluding carboxylic acids is 1. The maximum absolute atomic E-state index is 11.8. The third-order valence-corrected chi connectivity index (χ3v) is 5.72. The molecule has 0 aliphatic heterocycles. The first-order valence-corrected chi connectivity index (χ1v) is 7.07. The van der Waals surface area contributed by atoms with Gasteiger partial charge in [0.15, 0.2) is 0 Å². The summed E-state index contributed by atoms with van der Waals surface area (Å²) in [6.07, 6.45) is 4.24. The largest absolute Gasteiger partial charge is 0.396 e. The topological polar surface area (TPSA) is 61.4 Å². The lowest BCUT2D eigenvalue weighted by Crippen LogP contribution is -2.50. The minimum absolute atomic E-state index is 0.0852. The highest BCUT2D eigenvalue weighted by molar-refractivity contribution is 5.74. The Morgan fingerprint density at radius 2 is 2.11 bits per heavy atom. The molecule has 18 heavy (non-hydrogen) atoms. The number of rotatable bonds is 4. The van der Waals surface area contributed by atoms with Crippen LogP contribution in [-0.4, -0.2) is 30.3 Å². The van der Waals surface area contributed by atoms with Gasteiger partial charge >= 0.3 is 6.03 Å². The second-order valence-corrected chi connectivity index (χ2v) is 6.64. The molecule has 0 aromatic heterocycles. The minimum atomic E-state index is -0.0852. The van der Waals surface area contributed by atoms with E-state index in [-0.39, 0.29) is 18.1 Å². The number of aliphatic hydroxyl groups is 1. The summed E-state index contributed by atoms with van der Waals surface area (Å²) in [7, 11) is 0. The minimum Gasteiger partial charge on any atom is -0.396 e. The molecule has 0 saturated heterocycles. The van der Waals surface area contributed by atoms with Gasteiger partial charge in [0, 0.05) is 19.2 Å². The van der Waals surface area contributed by atoms with Crippen molar-refractivity contribution in [2.24, 2.45) is 16.7 Å². The lowest BCUT2D eigenvalue weighted by atomic mass is 9.69. The molecule has 0 spiro atoms. The Morgan fingerprint density at radius 3 is 2.61 bits per heavy atom. The zero-order valence-corrected chi connectivity index (χ0v) is 11.8. The lowest BCUT2D eigenvalue weighted by molar-refractivity contribution is 0.123. The zero-order valence-electron chi connectivity index (χ0n) is 11.8. The molecule has 3 unspecified atom stereocenters. The number of urea groups is 1. The predicted molar refractivity (Wildman–Crippen MR) is 71.3 cm³/mol. The molecule has 4 nitrogen and oxygen atoms in total. The molecule has 2 bridgehead atoms. The van der Waals surface area contributed by atoms with Crippen LogP contribution in [0.25, 0.3) is 0 Å². The monoisotopic (exact) mass is 254 g/mol. The Kier molecular flexibility index (Phi) is 3.58. The van der Waals surface area contributed by atoms with Gasteiger partial charge in [-0.15, -0.1) is 0 Å². The smallest absolute Gasteiger partial charge is 0.315 e. The van der Waals surface area contributed by atoms with Gasteiger partial charge in [0.2, 0.25) is 0 Å². The third kappa shape index (κ3) is 2.00. The molecule has 0 aromatic carbocycles. The van der Waals surface area contributed by atoms with Crippen molar-refractivity contribution in [2.75, 3.05) is 13.2 Å². The molecule has 2 aliphatic rings. The van der Waals surface area contributed by atoms with Gasteiger partial charge in [-0.2, -0.15) is 0 Å². The second-order valence-electron chi connectivity index (χ2n) is 6.64. The molecule has 2 aliphatic carbocycles. The first-order chi connectivity index (χ1) is 8.41. The van der Waals surface area contributed by atoms with Gasteiger partial charge in [-0.05, 0) is 42.4 Å². The van der Waals surface area contributed by atoms with Gasteiger partial charge in [0.05, 0.1) is 0 Å². The summed E-state index contributed by atoms with van der Waals surface area (Å²) in [5.74, 6) is 0.741. The van der Waals surface area contributed by atoms with Gasteiger partial charge < -0.3 is 15.7 Å². The average molecular weight is 254 g/mol. The maximum atomic E-state index is 11.8. The molecule has 2 amide bonds. The molecule has 4 heteroatoms. The van der Waals surface area contributed by atoms with Crippen molar-refractivity contribution < 1.29 is 9.90 Å².